The molecule has 0 aliphatic carbocycles. The molecule has 1 aromatic rings. The summed E-state index contributed by atoms with van der Waals surface area (Å²) in [5.74, 6) is 0.121. The fourth-order valence-electron chi connectivity index (χ4n) is 2.39. The maximum absolute atomic E-state index is 12.4. The number of hydrogen-bond acceptors (Lipinski definition) is 5. The second kappa shape index (κ2) is 9.55. The SMILES string of the molecule is C=C(C[C@@H](NC)C(CS)NC(=O)c1ccccc1)S(=O)(=O)NC(C)(C)C. The van der Waals surface area contributed by atoms with Crippen molar-refractivity contribution in [3.8, 4) is 0 Å². The van der Waals surface area contributed by atoms with Crippen molar-refractivity contribution in [2.45, 2.75) is 44.8 Å². The Morgan fingerprint density at radius 1 is 1.19 bits per heavy atom. The number of carbonyl (C=O) groups excluding carboxylic acids is 1. The summed E-state index contributed by atoms with van der Waals surface area (Å²) in [6.45, 7) is 9.03. The molecule has 0 fully saturated rings. The Labute approximate surface area is 162 Å². The van der Waals surface area contributed by atoms with Gasteiger partial charge in [-0.2, -0.15) is 12.6 Å². The molecular weight excluding hydrogens is 370 g/mol. The number of benzene rings is 1. The Hall–Kier alpha value is -1.35. The first-order chi connectivity index (χ1) is 12.0. The van der Waals surface area contributed by atoms with Gasteiger partial charge in [0.05, 0.1) is 10.9 Å². The topological polar surface area (TPSA) is 87.3 Å². The van der Waals surface area contributed by atoms with Crippen LogP contribution >= 0.6 is 12.6 Å². The van der Waals surface area contributed by atoms with Gasteiger partial charge in [-0.15, -0.1) is 0 Å². The molecule has 26 heavy (non-hydrogen) atoms. The number of thiol groups is 1. The molecule has 1 amide bonds. The van der Waals surface area contributed by atoms with Crippen LogP contribution in [-0.4, -0.2) is 44.7 Å². The highest BCUT2D eigenvalue weighted by Crippen LogP contribution is 2.16. The van der Waals surface area contributed by atoms with Crippen LogP contribution in [0.25, 0.3) is 0 Å². The Kier molecular flexibility index (Phi) is 8.33. The maximum atomic E-state index is 12.4. The van der Waals surface area contributed by atoms with E-state index in [1.807, 2.05) is 6.07 Å². The molecule has 8 heteroatoms. The molecule has 1 aromatic carbocycles. The summed E-state index contributed by atoms with van der Waals surface area (Å²) in [7, 11) is -1.95. The highest BCUT2D eigenvalue weighted by Gasteiger charge is 2.28. The third-order valence-corrected chi connectivity index (χ3v) is 5.88. The van der Waals surface area contributed by atoms with Crippen molar-refractivity contribution in [2.24, 2.45) is 0 Å². The number of sulfonamides is 1. The molecule has 0 heterocycles. The molecular formula is C18H29N3O3S2. The summed E-state index contributed by atoms with van der Waals surface area (Å²) in [4.78, 5) is 12.4. The van der Waals surface area contributed by atoms with E-state index >= 15 is 0 Å². The summed E-state index contributed by atoms with van der Waals surface area (Å²) in [5.41, 5.74) is -0.0588. The molecule has 1 rings (SSSR count). The zero-order chi connectivity index (χ0) is 20.0. The van der Waals surface area contributed by atoms with Crippen LogP contribution in [0.5, 0.6) is 0 Å². The van der Waals surface area contributed by atoms with E-state index in [1.54, 1.807) is 52.1 Å². The minimum absolute atomic E-state index is 0.0625. The van der Waals surface area contributed by atoms with Crippen LogP contribution in [0.15, 0.2) is 41.8 Å². The van der Waals surface area contributed by atoms with E-state index in [-0.39, 0.29) is 29.3 Å². The first-order valence-corrected chi connectivity index (χ1v) is 10.5. The maximum Gasteiger partial charge on any atom is 0.251 e. The molecule has 1 unspecified atom stereocenters. The van der Waals surface area contributed by atoms with Gasteiger partial charge in [-0.1, -0.05) is 24.8 Å². The van der Waals surface area contributed by atoms with Gasteiger partial charge in [0.25, 0.3) is 5.91 Å². The molecule has 2 atom stereocenters. The van der Waals surface area contributed by atoms with Crippen molar-refractivity contribution in [1.29, 1.82) is 0 Å². The van der Waals surface area contributed by atoms with Crippen LogP contribution in [0.3, 0.4) is 0 Å². The van der Waals surface area contributed by atoms with Gasteiger partial charge in [0, 0.05) is 29.3 Å². The summed E-state index contributed by atoms with van der Waals surface area (Å²) in [6, 6.07) is 8.15. The zero-order valence-electron chi connectivity index (χ0n) is 15.7. The zero-order valence-corrected chi connectivity index (χ0v) is 17.5. The van der Waals surface area contributed by atoms with Gasteiger partial charge in [-0.05, 0) is 40.0 Å². The lowest BCUT2D eigenvalue weighted by Gasteiger charge is -2.28. The number of likely N-dealkylation sites (N-methyl/N-ethyl adjacent to an activating group) is 1. The quantitative estimate of drug-likeness (QED) is 0.478. The van der Waals surface area contributed by atoms with E-state index in [2.05, 4.69) is 34.6 Å². The molecule has 0 saturated carbocycles. The average Bonchev–Trinajstić information content (AvgIpc) is 2.56. The van der Waals surface area contributed by atoms with E-state index < -0.39 is 15.6 Å². The molecule has 0 radical (unpaired) electrons. The number of carbonyl (C=O) groups is 1. The van der Waals surface area contributed by atoms with Crippen LogP contribution < -0.4 is 15.4 Å². The van der Waals surface area contributed by atoms with E-state index in [4.69, 9.17) is 0 Å². The monoisotopic (exact) mass is 399 g/mol. The number of amides is 1. The van der Waals surface area contributed by atoms with Crippen LogP contribution in [0.2, 0.25) is 0 Å². The fourth-order valence-corrected chi connectivity index (χ4v) is 4.09. The number of hydrogen-bond donors (Lipinski definition) is 4. The van der Waals surface area contributed by atoms with Crippen LogP contribution in [0, 0.1) is 0 Å². The van der Waals surface area contributed by atoms with Gasteiger partial charge in [-0.3, -0.25) is 4.79 Å². The van der Waals surface area contributed by atoms with E-state index in [0.29, 0.717) is 11.3 Å². The smallest absolute Gasteiger partial charge is 0.251 e. The summed E-state index contributed by atoms with van der Waals surface area (Å²) in [6.07, 6.45) is 0.155. The molecule has 6 nitrogen and oxygen atoms in total. The summed E-state index contributed by atoms with van der Waals surface area (Å²) in [5, 5.41) is 5.96. The average molecular weight is 400 g/mol. The molecule has 0 aliphatic heterocycles. The normalized spacial score (nSPS) is 14.5. The van der Waals surface area contributed by atoms with E-state index in [1.165, 1.54) is 0 Å². The molecule has 0 aromatic heterocycles. The first kappa shape index (κ1) is 22.7. The van der Waals surface area contributed by atoms with Gasteiger partial charge in [0.1, 0.15) is 0 Å². The van der Waals surface area contributed by atoms with Crippen molar-refractivity contribution >= 4 is 28.6 Å². The van der Waals surface area contributed by atoms with E-state index in [0.717, 1.165) is 0 Å². The van der Waals surface area contributed by atoms with Gasteiger partial charge >= 0.3 is 0 Å². The lowest BCUT2D eigenvalue weighted by molar-refractivity contribution is 0.0933. The lowest BCUT2D eigenvalue weighted by atomic mass is 10.1. The predicted octanol–water partition coefficient (Wildman–Crippen LogP) is 1.92. The Morgan fingerprint density at radius 3 is 2.23 bits per heavy atom. The van der Waals surface area contributed by atoms with Gasteiger partial charge in [0.15, 0.2) is 0 Å². The summed E-state index contributed by atoms with van der Waals surface area (Å²) >= 11 is 4.31. The van der Waals surface area contributed by atoms with Crippen molar-refractivity contribution in [2.75, 3.05) is 12.8 Å². The minimum atomic E-state index is -3.67. The lowest BCUT2D eigenvalue weighted by Crippen LogP contribution is -2.51. The van der Waals surface area contributed by atoms with Crippen molar-refractivity contribution < 1.29 is 13.2 Å². The van der Waals surface area contributed by atoms with Crippen molar-refractivity contribution in [3.63, 3.8) is 0 Å². The van der Waals surface area contributed by atoms with Crippen LogP contribution in [0.1, 0.15) is 37.6 Å². The molecule has 146 valence electrons. The largest absolute Gasteiger partial charge is 0.347 e. The second-order valence-electron chi connectivity index (χ2n) is 7.12. The van der Waals surface area contributed by atoms with Gasteiger partial charge in [0.2, 0.25) is 10.0 Å². The third-order valence-electron chi connectivity index (χ3n) is 3.67. The Balaban J connectivity index is 2.84. The number of nitrogens with one attached hydrogen (secondary N) is 3. The van der Waals surface area contributed by atoms with Gasteiger partial charge in [-0.25, -0.2) is 13.1 Å². The molecule has 0 saturated heterocycles. The van der Waals surface area contributed by atoms with Crippen LogP contribution in [0.4, 0.5) is 0 Å². The summed E-state index contributed by atoms with van der Waals surface area (Å²) < 4.78 is 27.4. The van der Waals surface area contributed by atoms with Gasteiger partial charge < -0.3 is 10.6 Å². The van der Waals surface area contributed by atoms with E-state index in [9.17, 15) is 13.2 Å². The predicted molar refractivity (Wildman–Crippen MR) is 110 cm³/mol. The molecule has 3 N–H and O–H groups in total. The standard InChI is InChI=1S/C18H29N3O3S2/c1-13(26(23,24)21-18(2,3)4)11-15(19-5)16(12-25)20-17(22)14-9-7-6-8-10-14/h6-10,15-16,19,21,25H,1,11-12H2,2-5H3,(H,20,22)/t15-,16?/m1/s1. The molecule has 0 aliphatic rings. The fraction of sp³-hybridized carbons (Fsp3) is 0.500. The Morgan fingerprint density at radius 2 is 1.77 bits per heavy atom. The Bertz CT molecular complexity index is 713. The first-order valence-electron chi connectivity index (χ1n) is 8.36. The third kappa shape index (κ3) is 7.11. The van der Waals surface area contributed by atoms with Crippen molar-refractivity contribution in [1.82, 2.24) is 15.4 Å². The second-order valence-corrected chi connectivity index (χ2v) is 9.28. The minimum Gasteiger partial charge on any atom is -0.347 e. The highest BCUT2D eigenvalue weighted by atomic mass is 32.2. The molecule has 0 bridgehead atoms. The highest BCUT2D eigenvalue weighted by molar-refractivity contribution is 7.93. The molecule has 0 spiro atoms. The van der Waals surface area contributed by atoms with Crippen molar-refractivity contribution in [3.05, 3.63) is 47.4 Å². The number of rotatable bonds is 9. The van der Waals surface area contributed by atoms with Crippen LogP contribution in [-0.2, 0) is 10.0 Å².